The first-order chi connectivity index (χ1) is 9.15. The van der Waals surface area contributed by atoms with Crippen LogP contribution in [0.5, 0.6) is 0 Å². The zero-order valence-electron chi connectivity index (χ0n) is 11.4. The van der Waals surface area contributed by atoms with Crippen LogP contribution in [0.25, 0.3) is 0 Å². The lowest BCUT2D eigenvalue weighted by Gasteiger charge is -2.18. The molecule has 1 heterocycles. The maximum Gasteiger partial charge on any atom is 0.0956 e. The topological polar surface area (TPSA) is 33.1 Å². The molecular weight excluding hydrogens is 254 g/mol. The van der Waals surface area contributed by atoms with Gasteiger partial charge in [0.2, 0.25) is 0 Å². The Hall–Kier alpha value is -1.19. The van der Waals surface area contributed by atoms with Gasteiger partial charge in [0.1, 0.15) is 0 Å². The van der Waals surface area contributed by atoms with Crippen LogP contribution in [0.4, 0.5) is 0 Å². The molecule has 0 spiro atoms. The number of benzene rings is 1. The number of hydrogen-bond acceptors (Lipinski definition) is 3. The van der Waals surface area contributed by atoms with Gasteiger partial charge in [0, 0.05) is 17.2 Å². The number of hydrogen-bond donors (Lipinski definition) is 1. The van der Waals surface area contributed by atoms with Crippen LogP contribution in [0.15, 0.2) is 24.3 Å². The lowest BCUT2D eigenvalue weighted by molar-refractivity contribution is 0.143. The summed E-state index contributed by atoms with van der Waals surface area (Å²) in [5.74, 6) is 0.278. The molecule has 19 heavy (non-hydrogen) atoms. The van der Waals surface area contributed by atoms with Crippen LogP contribution in [-0.2, 0) is 12.8 Å². The van der Waals surface area contributed by atoms with Gasteiger partial charge in [-0.25, -0.2) is 4.98 Å². The molecular formula is C16H19NOS. The highest BCUT2D eigenvalue weighted by atomic mass is 32.1. The van der Waals surface area contributed by atoms with Crippen molar-refractivity contribution < 1.29 is 5.11 Å². The van der Waals surface area contributed by atoms with E-state index in [1.807, 2.05) is 6.92 Å². The van der Waals surface area contributed by atoms with E-state index in [4.69, 9.17) is 0 Å². The number of aliphatic hydroxyl groups is 1. The van der Waals surface area contributed by atoms with Gasteiger partial charge in [-0.3, -0.25) is 0 Å². The fourth-order valence-electron chi connectivity index (χ4n) is 2.94. The lowest BCUT2D eigenvalue weighted by Crippen LogP contribution is -2.19. The molecule has 0 saturated heterocycles. The largest absolute Gasteiger partial charge is 0.392 e. The minimum absolute atomic E-state index is 0.278. The first kappa shape index (κ1) is 12.8. The van der Waals surface area contributed by atoms with Crippen LogP contribution < -0.4 is 0 Å². The van der Waals surface area contributed by atoms with Crippen molar-refractivity contribution in [1.29, 1.82) is 0 Å². The Morgan fingerprint density at radius 2 is 2.16 bits per heavy atom. The summed E-state index contributed by atoms with van der Waals surface area (Å²) in [6.07, 6.45) is 2.52. The minimum atomic E-state index is -0.311. The molecule has 0 amide bonds. The molecule has 3 heteroatoms. The lowest BCUT2D eigenvalue weighted by atomic mass is 9.93. The number of thiazole rings is 1. The third kappa shape index (κ3) is 2.45. The van der Waals surface area contributed by atoms with Crippen molar-refractivity contribution in [3.05, 3.63) is 51.0 Å². The van der Waals surface area contributed by atoms with Crippen molar-refractivity contribution in [3.63, 3.8) is 0 Å². The summed E-state index contributed by atoms with van der Waals surface area (Å²) in [5, 5.41) is 11.6. The first-order valence-electron chi connectivity index (χ1n) is 6.84. The summed E-state index contributed by atoms with van der Waals surface area (Å²) >= 11 is 1.71. The third-order valence-corrected chi connectivity index (χ3v) is 5.20. The molecule has 3 rings (SSSR count). The van der Waals surface area contributed by atoms with E-state index >= 15 is 0 Å². The second-order valence-electron chi connectivity index (χ2n) is 5.36. The van der Waals surface area contributed by atoms with E-state index < -0.39 is 0 Å². The van der Waals surface area contributed by atoms with Crippen molar-refractivity contribution in [2.24, 2.45) is 0 Å². The molecule has 0 saturated carbocycles. The van der Waals surface area contributed by atoms with E-state index in [1.165, 1.54) is 16.0 Å². The zero-order valence-corrected chi connectivity index (χ0v) is 12.2. The molecule has 1 aromatic carbocycles. The molecule has 100 valence electrons. The molecule has 0 bridgehead atoms. The van der Waals surface area contributed by atoms with Gasteiger partial charge in [0.05, 0.1) is 16.8 Å². The molecule has 1 N–H and O–H groups in total. The number of aromatic nitrogens is 1. The van der Waals surface area contributed by atoms with Gasteiger partial charge < -0.3 is 5.11 Å². The van der Waals surface area contributed by atoms with Crippen molar-refractivity contribution in [2.45, 2.75) is 45.1 Å². The van der Waals surface area contributed by atoms with Gasteiger partial charge in [0.15, 0.2) is 0 Å². The number of aliphatic hydroxyl groups excluding tert-OH is 1. The molecule has 2 aromatic rings. The zero-order chi connectivity index (χ0) is 13.4. The molecule has 1 aliphatic rings. The van der Waals surface area contributed by atoms with Gasteiger partial charge in [-0.2, -0.15) is 0 Å². The normalized spacial score (nSPS) is 19.4. The van der Waals surface area contributed by atoms with Crippen molar-refractivity contribution >= 4 is 11.3 Å². The molecule has 1 aromatic heterocycles. The van der Waals surface area contributed by atoms with E-state index in [0.29, 0.717) is 6.42 Å². The molecule has 0 radical (unpaired) electrons. The first-order valence-corrected chi connectivity index (χ1v) is 7.65. The predicted octanol–water partition coefficient (Wildman–Crippen LogP) is 3.39. The van der Waals surface area contributed by atoms with Crippen LogP contribution in [0, 0.1) is 13.8 Å². The quantitative estimate of drug-likeness (QED) is 0.930. The Morgan fingerprint density at radius 3 is 2.89 bits per heavy atom. The van der Waals surface area contributed by atoms with Gasteiger partial charge in [-0.05, 0) is 37.8 Å². The summed E-state index contributed by atoms with van der Waals surface area (Å²) in [5.41, 5.74) is 3.83. The Morgan fingerprint density at radius 1 is 1.37 bits per heavy atom. The molecule has 2 atom stereocenters. The number of aryl methyl sites for hydroxylation is 3. The van der Waals surface area contributed by atoms with Gasteiger partial charge in [0.25, 0.3) is 0 Å². The van der Waals surface area contributed by atoms with E-state index in [2.05, 4.69) is 36.2 Å². The maximum absolute atomic E-state index is 10.5. The predicted molar refractivity (Wildman–Crippen MR) is 78.8 cm³/mol. The third-order valence-electron chi connectivity index (χ3n) is 4.10. The Balaban J connectivity index is 1.77. The van der Waals surface area contributed by atoms with E-state index in [-0.39, 0.29) is 12.0 Å². The van der Waals surface area contributed by atoms with Gasteiger partial charge in [-0.1, -0.05) is 24.3 Å². The van der Waals surface area contributed by atoms with Crippen LogP contribution >= 0.6 is 11.3 Å². The Bertz CT molecular complexity index is 571. The van der Waals surface area contributed by atoms with Gasteiger partial charge in [-0.15, -0.1) is 11.3 Å². The summed E-state index contributed by atoms with van der Waals surface area (Å²) in [4.78, 5) is 5.79. The van der Waals surface area contributed by atoms with Crippen molar-refractivity contribution in [3.8, 4) is 0 Å². The van der Waals surface area contributed by atoms with Gasteiger partial charge >= 0.3 is 0 Å². The molecule has 0 fully saturated rings. The fraction of sp³-hybridized carbons (Fsp3) is 0.438. The minimum Gasteiger partial charge on any atom is -0.392 e. The van der Waals surface area contributed by atoms with Crippen LogP contribution in [0.1, 0.15) is 39.0 Å². The summed E-state index contributed by atoms with van der Waals surface area (Å²) < 4.78 is 0. The smallest absolute Gasteiger partial charge is 0.0956 e. The SMILES string of the molecule is Cc1nc(CC(O)C2CCc3ccccc32)sc1C. The average molecular weight is 273 g/mol. The number of rotatable bonds is 3. The van der Waals surface area contributed by atoms with Crippen molar-refractivity contribution in [2.75, 3.05) is 0 Å². The monoisotopic (exact) mass is 273 g/mol. The molecule has 2 nitrogen and oxygen atoms in total. The van der Waals surface area contributed by atoms with Crippen LogP contribution in [0.3, 0.4) is 0 Å². The van der Waals surface area contributed by atoms with E-state index in [1.54, 1.807) is 11.3 Å². The van der Waals surface area contributed by atoms with Crippen LogP contribution in [-0.4, -0.2) is 16.2 Å². The summed E-state index contributed by atoms with van der Waals surface area (Å²) in [6.45, 7) is 4.13. The fourth-order valence-corrected chi connectivity index (χ4v) is 3.92. The molecule has 1 aliphatic carbocycles. The van der Waals surface area contributed by atoms with Crippen molar-refractivity contribution in [1.82, 2.24) is 4.98 Å². The number of fused-ring (bicyclic) bond motifs is 1. The Labute approximate surface area is 118 Å². The summed E-state index contributed by atoms with van der Waals surface area (Å²) in [6, 6.07) is 8.50. The maximum atomic E-state index is 10.5. The standard InChI is InChI=1S/C16H19NOS/c1-10-11(2)19-16(17-10)9-15(18)14-8-7-12-5-3-4-6-13(12)14/h3-6,14-15,18H,7-9H2,1-2H3. The molecule has 0 aliphatic heterocycles. The van der Waals surface area contributed by atoms with E-state index in [9.17, 15) is 5.11 Å². The second-order valence-corrected chi connectivity index (χ2v) is 6.65. The highest BCUT2D eigenvalue weighted by Gasteiger charge is 2.28. The highest BCUT2D eigenvalue weighted by Crippen LogP contribution is 2.36. The van der Waals surface area contributed by atoms with Crippen LogP contribution in [0.2, 0.25) is 0 Å². The molecule has 2 unspecified atom stereocenters. The highest BCUT2D eigenvalue weighted by molar-refractivity contribution is 7.11. The Kier molecular flexibility index (Phi) is 3.42. The second kappa shape index (κ2) is 5.06. The average Bonchev–Trinajstić information content (AvgIpc) is 2.94. The number of nitrogens with zero attached hydrogens (tertiary/aromatic N) is 1. The summed E-state index contributed by atoms with van der Waals surface area (Å²) in [7, 11) is 0. The van der Waals surface area contributed by atoms with E-state index in [0.717, 1.165) is 23.5 Å².